The zero-order chi connectivity index (χ0) is 15.4. The van der Waals surface area contributed by atoms with Crippen molar-refractivity contribution in [1.29, 1.82) is 0 Å². The van der Waals surface area contributed by atoms with Gasteiger partial charge in [0.15, 0.2) is 0 Å². The number of esters is 1. The maximum absolute atomic E-state index is 12.3. The lowest BCUT2D eigenvalue weighted by atomic mass is 9.92. The predicted octanol–water partition coefficient (Wildman–Crippen LogP) is 2.45. The Morgan fingerprint density at radius 1 is 1.43 bits per heavy atom. The van der Waals surface area contributed by atoms with Crippen LogP contribution in [-0.4, -0.2) is 31.6 Å². The van der Waals surface area contributed by atoms with Crippen LogP contribution in [0.2, 0.25) is 5.02 Å². The molecule has 0 radical (unpaired) electrons. The van der Waals surface area contributed by atoms with E-state index in [9.17, 15) is 9.59 Å². The van der Waals surface area contributed by atoms with Crippen LogP contribution in [0.15, 0.2) is 18.2 Å². The Bertz CT molecular complexity index is 548. The van der Waals surface area contributed by atoms with Gasteiger partial charge in [-0.15, -0.1) is 0 Å². The quantitative estimate of drug-likeness (QED) is 0.842. The molecule has 1 aromatic carbocycles. The van der Waals surface area contributed by atoms with E-state index in [4.69, 9.17) is 11.6 Å². The Balaban J connectivity index is 2.11. The first-order valence-corrected chi connectivity index (χ1v) is 7.31. The van der Waals surface area contributed by atoms with Crippen LogP contribution in [0.3, 0.4) is 0 Å². The van der Waals surface area contributed by atoms with Crippen molar-refractivity contribution in [2.24, 2.45) is 5.92 Å². The van der Waals surface area contributed by atoms with Crippen molar-refractivity contribution >= 4 is 29.2 Å². The van der Waals surface area contributed by atoms with Gasteiger partial charge in [-0.05, 0) is 44.5 Å². The highest BCUT2D eigenvalue weighted by molar-refractivity contribution is 6.33. The highest BCUT2D eigenvalue weighted by Gasteiger charge is 2.25. The third-order valence-corrected chi connectivity index (χ3v) is 3.97. The highest BCUT2D eigenvalue weighted by atomic mass is 35.5. The number of nitrogens with one attached hydrogen (secondary N) is 2. The van der Waals surface area contributed by atoms with E-state index in [1.54, 1.807) is 12.1 Å². The largest absolute Gasteiger partial charge is 0.465 e. The summed E-state index contributed by atoms with van der Waals surface area (Å²) < 4.78 is 4.66. The molecule has 1 heterocycles. The first-order chi connectivity index (χ1) is 10.0. The smallest absolute Gasteiger partial charge is 0.337 e. The number of hydrogen-bond donors (Lipinski definition) is 2. The van der Waals surface area contributed by atoms with Crippen molar-refractivity contribution in [1.82, 2.24) is 5.32 Å². The van der Waals surface area contributed by atoms with Gasteiger partial charge in [0.1, 0.15) is 0 Å². The Morgan fingerprint density at radius 2 is 2.19 bits per heavy atom. The summed E-state index contributed by atoms with van der Waals surface area (Å²) in [5, 5.41) is 6.52. The third kappa shape index (κ3) is 3.95. The van der Waals surface area contributed by atoms with E-state index in [-0.39, 0.29) is 11.8 Å². The summed E-state index contributed by atoms with van der Waals surface area (Å²) in [6.07, 6.45) is 1.59. The second kappa shape index (κ2) is 6.91. The summed E-state index contributed by atoms with van der Waals surface area (Å²) in [5.74, 6) is -0.566. The van der Waals surface area contributed by atoms with Gasteiger partial charge in [0.05, 0.1) is 23.4 Å². The van der Waals surface area contributed by atoms with E-state index in [0.29, 0.717) is 22.3 Å². The summed E-state index contributed by atoms with van der Waals surface area (Å²) in [7, 11) is 1.31. The van der Waals surface area contributed by atoms with E-state index in [0.717, 1.165) is 19.4 Å². The van der Waals surface area contributed by atoms with Crippen molar-refractivity contribution < 1.29 is 14.3 Å². The number of benzene rings is 1. The van der Waals surface area contributed by atoms with Gasteiger partial charge in [0.2, 0.25) is 5.91 Å². The molecule has 2 atom stereocenters. The molecule has 5 nitrogen and oxygen atoms in total. The van der Waals surface area contributed by atoms with Crippen molar-refractivity contribution in [3.8, 4) is 0 Å². The van der Waals surface area contributed by atoms with Crippen LogP contribution >= 0.6 is 11.6 Å². The molecular formula is C15H19ClN2O3. The fourth-order valence-electron chi connectivity index (χ4n) is 2.47. The molecule has 1 aliphatic heterocycles. The molecule has 0 spiro atoms. The number of ether oxygens (including phenoxy) is 1. The molecular weight excluding hydrogens is 292 g/mol. The molecule has 2 unspecified atom stereocenters. The number of amides is 1. The Hall–Kier alpha value is -1.59. The number of methoxy groups -OCH3 is 1. The number of carbonyl (C=O) groups excluding carboxylic acids is 2. The second-order valence-electron chi connectivity index (χ2n) is 5.25. The molecule has 114 valence electrons. The van der Waals surface area contributed by atoms with E-state index >= 15 is 0 Å². The maximum Gasteiger partial charge on any atom is 0.337 e. The molecule has 1 saturated heterocycles. The van der Waals surface area contributed by atoms with Gasteiger partial charge in [-0.25, -0.2) is 4.79 Å². The summed E-state index contributed by atoms with van der Waals surface area (Å²) in [4.78, 5) is 23.8. The topological polar surface area (TPSA) is 67.4 Å². The van der Waals surface area contributed by atoms with Crippen LogP contribution in [0.4, 0.5) is 5.69 Å². The number of halogens is 1. The fraction of sp³-hybridized carbons (Fsp3) is 0.467. The average Bonchev–Trinajstić information content (AvgIpc) is 2.48. The van der Waals surface area contributed by atoms with Gasteiger partial charge in [-0.3, -0.25) is 4.79 Å². The SMILES string of the molecule is COC(=O)c1ccc(Cl)c(NC(=O)C2CCNC(C)C2)c1. The van der Waals surface area contributed by atoms with Crippen molar-refractivity contribution in [2.45, 2.75) is 25.8 Å². The molecule has 2 rings (SSSR count). The molecule has 21 heavy (non-hydrogen) atoms. The second-order valence-corrected chi connectivity index (χ2v) is 5.66. The lowest BCUT2D eigenvalue weighted by Gasteiger charge is -2.27. The number of rotatable bonds is 3. The number of hydrogen-bond acceptors (Lipinski definition) is 4. The highest BCUT2D eigenvalue weighted by Crippen LogP contribution is 2.25. The minimum atomic E-state index is -0.461. The van der Waals surface area contributed by atoms with E-state index in [2.05, 4.69) is 22.3 Å². The van der Waals surface area contributed by atoms with Crippen LogP contribution < -0.4 is 10.6 Å². The Morgan fingerprint density at radius 3 is 2.86 bits per heavy atom. The summed E-state index contributed by atoms with van der Waals surface area (Å²) >= 11 is 6.08. The molecule has 1 aromatic rings. The minimum absolute atomic E-state index is 0.0425. The molecule has 0 aliphatic carbocycles. The lowest BCUT2D eigenvalue weighted by molar-refractivity contribution is -0.120. The number of piperidine rings is 1. The maximum atomic E-state index is 12.3. The molecule has 1 amide bonds. The zero-order valence-corrected chi connectivity index (χ0v) is 12.9. The van der Waals surface area contributed by atoms with Crippen LogP contribution in [-0.2, 0) is 9.53 Å². The molecule has 2 N–H and O–H groups in total. The molecule has 0 saturated carbocycles. The number of carbonyl (C=O) groups is 2. The average molecular weight is 311 g/mol. The van der Waals surface area contributed by atoms with Crippen molar-refractivity contribution in [2.75, 3.05) is 19.0 Å². The van der Waals surface area contributed by atoms with E-state index < -0.39 is 5.97 Å². The first-order valence-electron chi connectivity index (χ1n) is 6.93. The first kappa shape index (κ1) is 15.8. The van der Waals surface area contributed by atoms with E-state index in [1.165, 1.54) is 13.2 Å². The van der Waals surface area contributed by atoms with Gasteiger partial charge >= 0.3 is 5.97 Å². The van der Waals surface area contributed by atoms with Gasteiger partial charge in [0.25, 0.3) is 0 Å². The lowest BCUT2D eigenvalue weighted by Crippen LogP contribution is -2.40. The van der Waals surface area contributed by atoms with Gasteiger partial charge in [-0.1, -0.05) is 11.6 Å². The molecule has 1 fully saturated rings. The standard InChI is InChI=1S/C15H19ClN2O3/c1-9-7-10(5-6-17-9)14(19)18-13-8-11(15(20)21-2)3-4-12(13)16/h3-4,8-10,17H,5-7H2,1-2H3,(H,18,19). The van der Waals surface area contributed by atoms with Crippen LogP contribution in [0.5, 0.6) is 0 Å². The summed E-state index contributed by atoms with van der Waals surface area (Å²) in [6.45, 7) is 2.89. The minimum Gasteiger partial charge on any atom is -0.465 e. The Labute approximate surface area is 129 Å². The molecule has 1 aliphatic rings. The van der Waals surface area contributed by atoms with Gasteiger partial charge in [0, 0.05) is 12.0 Å². The van der Waals surface area contributed by atoms with Crippen molar-refractivity contribution in [3.05, 3.63) is 28.8 Å². The third-order valence-electron chi connectivity index (χ3n) is 3.64. The summed E-state index contributed by atoms with van der Waals surface area (Å²) in [6, 6.07) is 5.01. The molecule has 0 aromatic heterocycles. The van der Waals surface area contributed by atoms with Crippen LogP contribution in [0.25, 0.3) is 0 Å². The number of anilines is 1. The molecule has 6 heteroatoms. The van der Waals surface area contributed by atoms with E-state index in [1.807, 2.05) is 0 Å². The van der Waals surface area contributed by atoms with Crippen molar-refractivity contribution in [3.63, 3.8) is 0 Å². The molecule has 0 bridgehead atoms. The van der Waals surface area contributed by atoms with Gasteiger partial charge in [-0.2, -0.15) is 0 Å². The van der Waals surface area contributed by atoms with Crippen LogP contribution in [0.1, 0.15) is 30.1 Å². The van der Waals surface area contributed by atoms with Crippen LogP contribution in [0, 0.1) is 5.92 Å². The normalized spacial score (nSPS) is 21.7. The monoisotopic (exact) mass is 310 g/mol. The summed E-state index contributed by atoms with van der Waals surface area (Å²) in [5.41, 5.74) is 0.798. The fourth-order valence-corrected chi connectivity index (χ4v) is 2.64. The zero-order valence-electron chi connectivity index (χ0n) is 12.1. The van der Waals surface area contributed by atoms with Gasteiger partial charge < -0.3 is 15.4 Å². The predicted molar refractivity (Wildman–Crippen MR) is 81.6 cm³/mol. The Kier molecular flexibility index (Phi) is 5.20.